The molecule has 0 spiro atoms. The van der Waals surface area contributed by atoms with Crippen LogP contribution in [-0.4, -0.2) is 21.7 Å². The highest BCUT2D eigenvalue weighted by Gasteiger charge is 2.00. The Kier molecular flexibility index (Phi) is 4.17. The zero-order chi connectivity index (χ0) is 14.3. The van der Waals surface area contributed by atoms with Crippen LogP contribution < -0.4 is 5.32 Å². The molecule has 0 radical (unpaired) electrons. The number of benzene rings is 1. The van der Waals surface area contributed by atoms with E-state index in [4.69, 9.17) is 0 Å². The normalized spacial score (nSPS) is 10.3. The zero-order valence-corrected chi connectivity index (χ0v) is 11.6. The topological polar surface area (TPSA) is 50.7 Å². The average molecular weight is 276 g/mol. The fourth-order valence-electron chi connectivity index (χ4n) is 2.05. The monoisotopic (exact) mass is 276 g/mol. The molecule has 104 valence electrons. The van der Waals surface area contributed by atoms with Gasteiger partial charge in [0.05, 0.1) is 5.69 Å². The van der Waals surface area contributed by atoms with Gasteiger partial charge in [0, 0.05) is 30.4 Å². The second-order valence-corrected chi connectivity index (χ2v) is 4.67. The van der Waals surface area contributed by atoms with Crippen LogP contribution in [0.25, 0.3) is 11.3 Å². The molecule has 3 rings (SSSR count). The minimum absolute atomic E-state index is 0.783. The molecular formula is C17H16N4. The molecule has 0 aliphatic rings. The summed E-state index contributed by atoms with van der Waals surface area (Å²) in [4.78, 5) is 4.29. The number of aromatic nitrogens is 3. The Bertz CT molecular complexity index is 666. The van der Waals surface area contributed by atoms with Crippen molar-refractivity contribution in [2.24, 2.45) is 0 Å². The fourth-order valence-corrected chi connectivity index (χ4v) is 2.05. The maximum absolute atomic E-state index is 4.29. The predicted molar refractivity (Wildman–Crippen MR) is 83.9 cm³/mol. The first-order valence-electron chi connectivity index (χ1n) is 6.95. The van der Waals surface area contributed by atoms with Crippen molar-refractivity contribution in [3.8, 4) is 11.3 Å². The van der Waals surface area contributed by atoms with Gasteiger partial charge in [0.1, 0.15) is 5.82 Å². The second-order valence-electron chi connectivity index (χ2n) is 4.67. The number of hydrogen-bond acceptors (Lipinski definition) is 4. The van der Waals surface area contributed by atoms with Gasteiger partial charge in [0.2, 0.25) is 0 Å². The third-order valence-electron chi connectivity index (χ3n) is 3.15. The molecule has 0 bridgehead atoms. The molecule has 0 aliphatic carbocycles. The van der Waals surface area contributed by atoms with Crippen LogP contribution in [0.4, 0.5) is 5.82 Å². The summed E-state index contributed by atoms with van der Waals surface area (Å²) in [6.07, 6.45) is 2.67. The van der Waals surface area contributed by atoms with E-state index in [-0.39, 0.29) is 0 Å². The maximum Gasteiger partial charge on any atom is 0.148 e. The van der Waals surface area contributed by atoms with Gasteiger partial charge in [-0.25, -0.2) is 0 Å². The average Bonchev–Trinajstić information content (AvgIpc) is 2.57. The Labute approximate surface area is 123 Å². The molecular weight excluding hydrogens is 260 g/mol. The second kappa shape index (κ2) is 6.61. The lowest BCUT2D eigenvalue weighted by atomic mass is 10.1. The van der Waals surface area contributed by atoms with Gasteiger partial charge in [0.25, 0.3) is 0 Å². The van der Waals surface area contributed by atoms with Crippen LogP contribution in [0.1, 0.15) is 5.69 Å². The van der Waals surface area contributed by atoms with E-state index >= 15 is 0 Å². The van der Waals surface area contributed by atoms with E-state index in [9.17, 15) is 0 Å². The quantitative estimate of drug-likeness (QED) is 0.777. The van der Waals surface area contributed by atoms with Crippen LogP contribution in [-0.2, 0) is 6.42 Å². The molecule has 1 N–H and O–H groups in total. The number of anilines is 1. The minimum atomic E-state index is 0.783. The van der Waals surface area contributed by atoms with Gasteiger partial charge in [-0.05, 0) is 24.3 Å². The van der Waals surface area contributed by atoms with Gasteiger partial charge < -0.3 is 5.32 Å². The van der Waals surface area contributed by atoms with Crippen molar-refractivity contribution in [1.82, 2.24) is 15.2 Å². The summed E-state index contributed by atoms with van der Waals surface area (Å²) < 4.78 is 0. The largest absolute Gasteiger partial charge is 0.368 e. The first-order chi connectivity index (χ1) is 10.4. The Balaban J connectivity index is 1.58. The summed E-state index contributed by atoms with van der Waals surface area (Å²) in [5.41, 5.74) is 3.02. The summed E-state index contributed by atoms with van der Waals surface area (Å²) in [6.45, 7) is 0.788. The Morgan fingerprint density at radius 3 is 2.38 bits per heavy atom. The fraction of sp³-hybridized carbons (Fsp3) is 0.118. The van der Waals surface area contributed by atoms with Gasteiger partial charge in [-0.15, -0.1) is 10.2 Å². The van der Waals surface area contributed by atoms with E-state index in [1.165, 1.54) is 0 Å². The highest BCUT2D eigenvalue weighted by Crippen LogP contribution is 2.16. The molecule has 0 fully saturated rings. The molecule has 2 aromatic heterocycles. The Morgan fingerprint density at radius 1 is 0.810 bits per heavy atom. The summed E-state index contributed by atoms with van der Waals surface area (Å²) >= 11 is 0. The van der Waals surface area contributed by atoms with Crippen LogP contribution in [0.5, 0.6) is 0 Å². The summed E-state index contributed by atoms with van der Waals surface area (Å²) in [6, 6.07) is 19.9. The van der Waals surface area contributed by atoms with Crippen LogP contribution >= 0.6 is 0 Å². The van der Waals surface area contributed by atoms with Crippen molar-refractivity contribution in [2.45, 2.75) is 6.42 Å². The number of hydrogen-bond donors (Lipinski definition) is 1. The standard InChI is InChI=1S/C17H16N4/c1-2-6-14(7-3-1)16-9-10-17(21-20-16)19-13-11-15-8-4-5-12-18-15/h1-10,12H,11,13H2,(H,19,21). The highest BCUT2D eigenvalue weighted by atomic mass is 15.2. The number of pyridine rings is 1. The number of nitrogens with one attached hydrogen (secondary N) is 1. The summed E-state index contributed by atoms with van der Waals surface area (Å²) in [5.74, 6) is 0.783. The third-order valence-corrected chi connectivity index (χ3v) is 3.15. The predicted octanol–water partition coefficient (Wildman–Crippen LogP) is 3.19. The van der Waals surface area contributed by atoms with Crippen molar-refractivity contribution >= 4 is 5.82 Å². The molecule has 0 atom stereocenters. The van der Waals surface area contributed by atoms with Crippen molar-refractivity contribution in [3.05, 3.63) is 72.6 Å². The lowest BCUT2D eigenvalue weighted by molar-refractivity contribution is 0.937. The smallest absolute Gasteiger partial charge is 0.148 e. The van der Waals surface area contributed by atoms with E-state index in [0.717, 1.165) is 35.7 Å². The summed E-state index contributed by atoms with van der Waals surface area (Å²) in [5, 5.41) is 11.7. The maximum atomic E-state index is 4.29. The van der Waals surface area contributed by atoms with Crippen LogP contribution in [0.2, 0.25) is 0 Å². The van der Waals surface area contributed by atoms with Crippen LogP contribution in [0.3, 0.4) is 0 Å². The minimum Gasteiger partial charge on any atom is -0.368 e. The van der Waals surface area contributed by atoms with E-state index < -0.39 is 0 Å². The molecule has 0 saturated carbocycles. The molecule has 1 aromatic carbocycles. The van der Waals surface area contributed by atoms with Crippen LogP contribution in [0.15, 0.2) is 66.9 Å². The first kappa shape index (κ1) is 13.2. The first-order valence-corrected chi connectivity index (χ1v) is 6.95. The van der Waals surface area contributed by atoms with E-state index in [1.807, 2.05) is 66.9 Å². The Morgan fingerprint density at radius 2 is 1.67 bits per heavy atom. The Hall–Kier alpha value is -2.75. The molecule has 2 heterocycles. The van der Waals surface area contributed by atoms with Gasteiger partial charge in [-0.1, -0.05) is 36.4 Å². The van der Waals surface area contributed by atoms with Gasteiger partial charge >= 0.3 is 0 Å². The van der Waals surface area contributed by atoms with Gasteiger partial charge in [0.15, 0.2) is 0 Å². The van der Waals surface area contributed by atoms with E-state index in [1.54, 1.807) is 0 Å². The lowest BCUT2D eigenvalue weighted by Gasteiger charge is -2.05. The van der Waals surface area contributed by atoms with Crippen molar-refractivity contribution in [1.29, 1.82) is 0 Å². The molecule has 3 aromatic rings. The van der Waals surface area contributed by atoms with E-state index in [2.05, 4.69) is 20.5 Å². The highest BCUT2D eigenvalue weighted by molar-refractivity contribution is 5.59. The molecule has 0 aliphatic heterocycles. The molecule has 0 amide bonds. The van der Waals surface area contributed by atoms with Crippen molar-refractivity contribution in [3.63, 3.8) is 0 Å². The third kappa shape index (κ3) is 3.63. The van der Waals surface area contributed by atoms with E-state index in [0.29, 0.717) is 0 Å². The van der Waals surface area contributed by atoms with Gasteiger partial charge in [-0.2, -0.15) is 0 Å². The molecule has 21 heavy (non-hydrogen) atoms. The van der Waals surface area contributed by atoms with Crippen molar-refractivity contribution < 1.29 is 0 Å². The zero-order valence-electron chi connectivity index (χ0n) is 11.6. The molecule has 0 unspecified atom stereocenters. The molecule has 0 saturated heterocycles. The molecule has 4 nitrogen and oxygen atoms in total. The SMILES string of the molecule is c1ccc(-c2ccc(NCCc3ccccn3)nn2)cc1. The van der Waals surface area contributed by atoms with Gasteiger partial charge in [-0.3, -0.25) is 4.98 Å². The number of rotatable bonds is 5. The van der Waals surface area contributed by atoms with Crippen LogP contribution in [0, 0.1) is 0 Å². The number of nitrogens with zero attached hydrogens (tertiary/aromatic N) is 3. The lowest BCUT2D eigenvalue weighted by Crippen LogP contribution is -2.07. The summed E-state index contributed by atoms with van der Waals surface area (Å²) in [7, 11) is 0. The van der Waals surface area contributed by atoms with Crippen molar-refractivity contribution in [2.75, 3.05) is 11.9 Å². The molecule has 4 heteroatoms.